The molecule has 23 heavy (non-hydrogen) atoms. The van der Waals surface area contributed by atoms with Gasteiger partial charge in [0.25, 0.3) is 5.91 Å². The standard InChI is InChI=1S/C15H12ClN3O2S2/c1-9(21-11-6-4-10(16)5-7-11)13(20)17-15-19-18-14(23-15)12-3-2-8-22-12/h2-9H,1H3,(H,17,19,20). The maximum absolute atomic E-state index is 12.2. The van der Waals surface area contributed by atoms with Crippen molar-refractivity contribution in [2.45, 2.75) is 13.0 Å². The van der Waals surface area contributed by atoms with E-state index in [2.05, 4.69) is 15.5 Å². The first-order valence-electron chi connectivity index (χ1n) is 6.72. The summed E-state index contributed by atoms with van der Waals surface area (Å²) in [5.41, 5.74) is 0. The second kappa shape index (κ2) is 7.08. The third kappa shape index (κ3) is 4.07. The Morgan fingerprint density at radius 1 is 1.26 bits per heavy atom. The van der Waals surface area contributed by atoms with Crippen molar-refractivity contribution >= 4 is 45.3 Å². The third-order valence-electron chi connectivity index (χ3n) is 2.88. The zero-order valence-corrected chi connectivity index (χ0v) is 14.4. The minimum atomic E-state index is -0.662. The monoisotopic (exact) mass is 365 g/mol. The number of ether oxygens (including phenoxy) is 1. The molecule has 0 aliphatic carbocycles. The second-order valence-corrected chi connectivity index (χ2v) is 6.95. The molecule has 0 spiro atoms. The van der Waals surface area contributed by atoms with E-state index in [1.807, 2.05) is 17.5 Å². The number of thiophene rings is 1. The Balaban J connectivity index is 1.61. The Labute approximate surface area is 145 Å². The molecule has 1 amide bonds. The van der Waals surface area contributed by atoms with Crippen LogP contribution in [0.25, 0.3) is 9.88 Å². The number of nitrogens with one attached hydrogen (secondary N) is 1. The number of halogens is 1. The largest absolute Gasteiger partial charge is 0.481 e. The molecule has 0 aliphatic rings. The van der Waals surface area contributed by atoms with Gasteiger partial charge in [-0.05, 0) is 42.6 Å². The average molecular weight is 366 g/mol. The lowest BCUT2D eigenvalue weighted by Crippen LogP contribution is -2.30. The first kappa shape index (κ1) is 15.9. The highest BCUT2D eigenvalue weighted by Gasteiger charge is 2.17. The van der Waals surface area contributed by atoms with Crippen molar-refractivity contribution in [1.29, 1.82) is 0 Å². The Hall–Kier alpha value is -1.96. The van der Waals surface area contributed by atoms with Crippen LogP contribution in [0.15, 0.2) is 41.8 Å². The molecule has 1 unspecified atom stereocenters. The van der Waals surface area contributed by atoms with Gasteiger partial charge in [0.05, 0.1) is 4.88 Å². The van der Waals surface area contributed by atoms with Crippen LogP contribution in [0.5, 0.6) is 5.75 Å². The molecule has 0 saturated carbocycles. The van der Waals surface area contributed by atoms with Crippen molar-refractivity contribution in [2.75, 3.05) is 5.32 Å². The molecule has 0 bridgehead atoms. The van der Waals surface area contributed by atoms with Gasteiger partial charge in [0.15, 0.2) is 11.1 Å². The Bertz CT molecular complexity index is 787. The summed E-state index contributed by atoms with van der Waals surface area (Å²) in [6, 6.07) is 10.8. The van der Waals surface area contributed by atoms with Crippen LogP contribution in [0.2, 0.25) is 5.02 Å². The highest BCUT2D eigenvalue weighted by atomic mass is 35.5. The predicted molar refractivity (Wildman–Crippen MR) is 93.4 cm³/mol. The summed E-state index contributed by atoms with van der Waals surface area (Å²) in [7, 11) is 0. The smallest absolute Gasteiger partial charge is 0.266 e. The van der Waals surface area contributed by atoms with Gasteiger partial charge in [0.2, 0.25) is 5.13 Å². The molecular weight excluding hydrogens is 354 g/mol. The van der Waals surface area contributed by atoms with E-state index in [1.54, 1.807) is 42.5 Å². The van der Waals surface area contributed by atoms with Crippen LogP contribution in [0, 0.1) is 0 Å². The van der Waals surface area contributed by atoms with Crippen molar-refractivity contribution < 1.29 is 9.53 Å². The highest BCUT2D eigenvalue weighted by molar-refractivity contribution is 7.23. The number of amides is 1. The summed E-state index contributed by atoms with van der Waals surface area (Å²) >= 11 is 8.72. The molecule has 1 N–H and O–H groups in total. The number of aromatic nitrogens is 2. The van der Waals surface area contributed by atoms with Gasteiger partial charge < -0.3 is 4.74 Å². The van der Waals surface area contributed by atoms with Crippen LogP contribution in [0.1, 0.15) is 6.92 Å². The average Bonchev–Trinajstić information content (AvgIpc) is 3.20. The zero-order valence-electron chi connectivity index (χ0n) is 12.0. The Morgan fingerprint density at radius 2 is 2.04 bits per heavy atom. The first-order chi connectivity index (χ1) is 11.1. The molecular formula is C15H12ClN3O2S2. The van der Waals surface area contributed by atoms with Gasteiger partial charge in [-0.15, -0.1) is 21.5 Å². The molecule has 0 fully saturated rings. The SMILES string of the molecule is CC(Oc1ccc(Cl)cc1)C(=O)Nc1nnc(-c2cccs2)s1. The van der Waals surface area contributed by atoms with Gasteiger partial charge in [0, 0.05) is 5.02 Å². The van der Waals surface area contributed by atoms with E-state index in [0.717, 1.165) is 9.88 Å². The van der Waals surface area contributed by atoms with E-state index >= 15 is 0 Å². The van der Waals surface area contributed by atoms with E-state index in [4.69, 9.17) is 16.3 Å². The lowest BCUT2D eigenvalue weighted by Gasteiger charge is -2.13. The van der Waals surface area contributed by atoms with E-state index in [9.17, 15) is 4.79 Å². The number of nitrogens with zero attached hydrogens (tertiary/aromatic N) is 2. The topological polar surface area (TPSA) is 64.1 Å². The van der Waals surface area contributed by atoms with E-state index in [-0.39, 0.29) is 5.91 Å². The minimum Gasteiger partial charge on any atom is -0.481 e. The fourth-order valence-electron chi connectivity index (χ4n) is 1.75. The van der Waals surface area contributed by atoms with Gasteiger partial charge in [-0.25, -0.2) is 0 Å². The second-order valence-electron chi connectivity index (χ2n) is 4.59. The number of hydrogen-bond donors (Lipinski definition) is 1. The van der Waals surface area contributed by atoms with E-state index < -0.39 is 6.10 Å². The van der Waals surface area contributed by atoms with Crippen molar-refractivity contribution in [2.24, 2.45) is 0 Å². The number of hydrogen-bond acceptors (Lipinski definition) is 6. The molecule has 2 heterocycles. The third-order valence-corrected chi connectivity index (χ3v) is 5.01. The number of carbonyl (C=O) groups excluding carboxylic acids is 1. The van der Waals surface area contributed by atoms with E-state index in [1.165, 1.54) is 11.3 Å². The quantitative estimate of drug-likeness (QED) is 0.731. The molecule has 1 aromatic carbocycles. The van der Waals surface area contributed by atoms with Crippen LogP contribution in [-0.2, 0) is 4.79 Å². The molecule has 0 radical (unpaired) electrons. The fraction of sp³-hybridized carbons (Fsp3) is 0.133. The number of carbonyl (C=O) groups is 1. The Kier molecular flexibility index (Phi) is 4.90. The Morgan fingerprint density at radius 3 is 2.74 bits per heavy atom. The molecule has 5 nitrogen and oxygen atoms in total. The molecule has 3 aromatic rings. The van der Waals surface area contributed by atoms with Gasteiger partial charge in [-0.2, -0.15) is 0 Å². The fourth-order valence-corrected chi connectivity index (χ4v) is 3.42. The summed E-state index contributed by atoms with van der Waals surface area (Å²) < 4.78 is 5.57. The molecule has 118 valence electrons. The van der Waals surface area contributed by atoms with Crippen molar-refractivity contribution in [3.63, 3.8) is 0 Å². The van der Waals surface area contributed by atoms with Crippen LogP contribution >= 0.6 is 34.3 Å². The summed E-state index contributed by atoms with van der Waals surface area (Å²) in [6.45, 7) is 1.67. The van der Waals surface area contributed by atoms with Crippen LogP contribution in [-0.4, -0.2) is 22.2 Å². The van der Waals surface area contributed by atoms with Gasteiger partial charge >= 0.3 is 0 Å². The summed E-state index contributed by atoms with van der Waals surface area (Å²) in [6.07, 6.45) is -0.662. The summed E-state index contributed by atoms with van der Waals surface area (Å²) in [5.74, 6) is 0.294. The van der Waals surface area contributed by atoms with Crippen molar-refractivity contribution in [1.82, 2.24) is 10.2 Å². The molecule has 1 atom stereocenters. The van der Waals surface area contributed by atoms with Crippen molar-refractivity contribution in [3.8, 4) is 15.6 Å². The lowest BCUT2D eigenvalue weighted by atomic mass is 10.3. The van der Waals surface area contributed by atoms with Crippen LogP contribution < -0.4 is 10.1 Å². The van der Waals surface area contributed by atoms with Gasteiger partial charge in [0.1, 0.15) is 5.75 Å². The normalized spacial score (nSPS) is 11.9. The van der Waals surface area contributed by atoms with E-state index in [0.29, 0.717) is 15.9 Å². The predicted octanol–water partition coefficient (Wildman–Crippen LogP) is 4.33. The summed E-state index contributed by atoms with van der Waals surface area (Å²) in [5, 5.41) is 14.6. The van der Waals surface area contributed by atoms with Crippen molar-refractivity contribution in [3.05, 3.63) is 46.8 Å². The van der Waals surface area contributed by atoms with Crippen LogP contribution in [0.4, 0.5) is 5.13 Å². The van der Waals surface area contributed by atoms with Gasteiger partial charge in [-0.3, -0.25) is 10.1 Å². The highest BCUT2D eigenvalue weighted by Crippen LogP contribution is 2.29. The zero-order chi connectivity index (χ0) is 16.2. The molecule has 3 rings (SSSR count). The molecule has 0 saturated heterocycles. The van der Waals surface area contributed by atoms with Crippen LogP contribution in [0.3, 0.4) is 0 Å². The minimum absolute atomic E-state index is 0.283. The maximum Gasteiger partial charge on any atom is 0.266 e. The first-order valence-corrected chi connectivity index (χ1v) is 8.80. The number of anilines is 1. The maximum atomic E-state index is 12.2. The number of benzene rings is 1. The number of rotatable bonds is 5. The molecule has 2 aromatic heterocycles. The summed E-state index contributed by atoms with van der Waals surface area (Å²) in [4.78, 5) is 13.2. The lowest BCUT2D eigenvalue weighted by molar-refractivity contribution is -0.122. The molecule has 8 heteroatoms. The van der Waals surface area contributed by atoms with Gasteiger partial charge in [-0.1, -0.05) is 29.0 Å². The molecule has 0 aliphatic heterocycles.